The number of amides is 1. The Bertz CT molecular complexity index is 664. The Kier molecular flexibility index (Phi) is 9.08. The lowest BCUT2D eigenvalue weighted by molar-refractivity contribution is 0.0976. The zero-order chi connectivity index (χ0) is 18.8. The summed E-state index contributed by atoms with van der Waals surface area (Å²) < 4.78 is 11.2. The fourth-order valence-electron chi connectivity index (χ4n) is 2.68. The molecule has 142 valence electrons. The lowest BCUT2D eigenvalue weighted by Gasteiger charge is -2.14. The number of benzene rings is 1. The molecular formula is C19H25BrN2O3S. The van der Waals surface area contributed by atoms with Crippen LogP contribution in [-0.4, -0.2) is 37.9 Å². The van der Waals surface area contributed by atoms with Crippen molar-refractivity contribution in [2.24, 2.45) is 0 Å². The summed E-state index contributed by atoms with van der Waals surface area (Å²) in [6, 6.07) is 5.17. The molecule has 0 unspecified atom stereocenters. The van der Waals surface area contributed by atoms with E-state index in [1.807, 2.05) is 0 Å². The molecule has 0 heterocycles. The average Bonchev–Trinajstić information content (AvgIpc) is 2.64. The molecule has 1 aliphatic carbocycles. The van der Waals surface area contributed by atoms with E-state index in [-0.39, 0.29) is 5.91 Å². The number of nitrogens with one attached hydrogen (secondary N) is 2. The molecule has 7 heteroatoms. The largest absolute Gasteiger partial charge is 0.490 e. The topological polar surface area (TPSA) is 59.6 Å². The first-order valence-electron chi connectivity index (χ1n) is 8.78. The number of ether oxygens (including phenoxy) is 2. The summed E-state index contributed by atoms with van der Waals surface area (Å²) in [5.41, 5.74) is 1.99. The minimum absolute atomic E-state index is 0.247. The van der Waals surface area contributed by atoms with Crippen LogP contribution in [0.3, 0.4) is 0 Å². The number of thiocarbonyl (C=S) groups is 1. The van der Waals surface area contributed by atoms with Crippen molar-refractivity contribution >= 4 is 39.2 Å². The van der Waals surface area contributed by atoms with Crippen LogP contribution < -0.4 is 15.4 Å². The number of methoxy groups -OCH3 is 1. The highest BCUT2D eigenvalue weighted by Crippen LogP contribution is 2.26. The Hall–Kier alpha value is -1.44. The second-order valence-electron chi connectivity index (χ2n) is 6.05. The maximum atomic E-state index is 12.3. The van der Waals surface area contributed by atoms with Gasteiger partial charge in [0.15, 0.2) is 5.11 Å². The van der Waals surface area contributed by atoms with Gasteiger partial charge in [0.2, 0.25) is 0 Å². The van der Waals surface area contributed by atoms with Gasteiger partial charge in [-0.2, -0.15) is 0 Å². The molecule has 1 amide bonds. The summed E-state index contributed by atoms with van der Waals surface area (Å²) in [6.07, 6.45) is 8.20. The first-order valence-corrected chi connectivity index (χ1v) is 9.98. The molecule has 0 atom stereocenters. The number of carbonyl (C=O) groups excluding carboxylic acids is 1. The average molecular weight is 441 g/mol. The first kappa shape index (κ1) is 20.9. The highest BCUT2D eigenvalue weighted by molar-refractivity contribution is 9.10. The summed E-state index contributed by atoms with van der Waals surface area (Å²) >= 11 is 8.63. The molecule has 0 fully saturated rings. The van der Waals surface area contributed by atoms with Crippen molar-refractivity contribution < 1.29 is 14.3 Å². The number of hydrogen-bond donors (Lipinski definition) is 2. The van der Waals surface area contributed by atoms with Crippen LogP contribution in [0.15, 0.2) is 34.3 Å². The zero-order valence-corrected chi connectivity index (χ0v) is 17.4. The minimum Gasteiger partial charge on any atom is -0.490 e. The van der Waals surface area contributed by atoms with Gasteiger partial charge in [0, 0.05) is 19.2 Å². The van der Waals surface area contributed by atoms with Crippen molar-refractivity contribution in [3.8, 4) is 5.75 Å². The fraction of sp³-hybridized carbons (Fsp3) is 0.474. The number of allylic oxidation sites excluding steroid dienone is 1. The standard InChI is InChI=1S/C19H25BrN2O3S/c1-24-11-12-25-17-8-7-15(13-16(17)20)18(23)22-19(26)21-10-9-14-5-3-2-4-6-14/h5,7-8,13H,2-4,6,9-12H2,1H3,(H2,21,22,23,26). The fourth-order valence-corrected chi connectivity index (χ4v) is 3.37. The van der Waals surface area contributed by atoms with E-state index in [0.29, 0.717) is 34.1 Å². The molecule has 0 bridgehead atoms. The molecule has 5 nitrogen and oxygen atoms in total. The monoisotopic (exact) mass is 440 g/mol. The normalized spacial score (nSPS) is 13.7. The van der Waals surface area contributed by atoms with E-state index < -0.39 is 0 Å². The van der Waals surface area contributed by atoms with E-state index in [1.54, 1.807) is 25.3 Å². The Labute approximate surface area is 168 Å². The molecule has 0 saturated carbocycles. The molecule has 2 N–H and O–H groups in total. The van der Waals surface area contributed by atoms with Crippen LogP contribution in [0.5, 0.6) is 5.75 Å². The van der Waals surface area contributed by atoms with Gasteiger partial charge in [0.05, 0.1) is 11.1 Å². The number of hydrogen-bond acceptors (Lipinski definition) is 4. The molecule has 0 aliphatic heterocycles. The van der Waals surface area contributed by atoms with Crippen LogP contribution in [0.4, 0.5) is 0 Å². The molecule has 1 aromatic rings. The Morgan fingerprint density at radius 3 is 2.85 bits per heavy atom. The smallest absolute Gasteiger partial charge is 0.257 e. The third-order valence-corrected chi connectivity index (χ3v) is 4.95. The first-order chi connectivity index (χ1) is 12.6. The summed E-state index contributed by atoms with van der Waals surface area (Å²) in [7, 11) is 1.62. The van der Waals surface area contributed by atoms with Crippen LogP contribution in [-0.2, 0) is 4.74 Å². The number of carbonyl (C=O) groups is 1. The lowest BCUT2D eigenvalue weighted by Crippen LogP contribution is -2.39. The van der Waals surface area contributed by atoms with Gasteiger partial charge in [-0.25, -0.2) is 0 Å². The molecule has 0 radical (unpaired) electrons. The lowest BCUT2D eigenvalue weighted by atomic mass is 9.97. The van der Waals surface area contributed by atoms with Crippen molar-refractivity contribution in [3.05, 3.63) is 39.9 Å². The summed E-state index contributed by atoms with van der Waals surface area (Å²) in [5, 5.41) is 6.16. The van der Waals surface area contributed by atoms with Crippen molar-refractivity contribution in [1.82, 2.24) is 10.6 Å². The SMILES string of the molecule is COCCOc1ccc(C(=O)NC(=S)NCCC2=CCCCC2)cc1Br. The van der Waals surface area contributed by atoms with Gasteiger partial charge in [0.1, 0.15) is 12.4 Å². The van der Waals surface area contributed by atoms with Crippen LogP contribution in [0.2, 0.25) is 0 Å². The van der Waals surface area contributed by atoms with E-state index in [2.05, 4.69) is 32.6 Å². The van der Waals surface area contributed by atoms with Crippen LogP contribution >= 0.6 is 28.1 Å². The van der Waals surface area contributed by atoms with E-state index >= 15 is 0 Å². The van der Waals surface area contributed by atoms with E-state index in [9.17, 15) is 4.79 Å². The maximum absolute atomic E-state index is 12.3. The van der Waals surface area contributed by atoms with E-state index in [0.717, 1.165) is 13.0 Å². The van der Waals surface area contributed by atoms with Gasteiger partial charge < -0.3 is 14.8 Å². The maximum Gasteiger partial charge on any atom is 0.257 e. The molecule has 0 spiro atoms. The van der Waals surface area contributed by atoms with Crippen molar-refractivity contribution in [1.29, 1.82) is 0 Å². The van der Waals surface area contributed by atoms with E-state index in [1.165, 1.54) is 31.3 Å². The van der Waals surface area contributed by atoms with Crippen molar-refractivity contribution in [2.45, 2.75) is 32.1 Å². The quantitative estimate of drug-likeness (QED) is 0.363. The zero-order valence-electron chi connectivity index (χ0n) is 15.0. The highest BCUT2D eigenvalue weighted by Gasteiger charge is 2.11. The van der Waals surface area contributed by atoms with Gasteiger partial charge in [-0.15, -0.1) is 0 Å². The van der Waals surface area contributed by atoms with Crippen molar-refractivity contribution in [3.63, 3.8) is 0 Å². The van der Waals surface area contributed by atoms with Gasteiger partial charge in [-0.3, -0.25) is 10.1 Å². The van der Waals surface area contributed by atoms with Gasteiger partial charge in [-0.1, -0.05) is 11.6 Å². The number of halogens is 1. The van der Waals surface area contributed by atoms with Gasteiger partial charge >= 0.3 is 0 Å². The Balaban J connectivity index is 1.78. The van der Waals surface area contributed by atoms with Gasteiger partial charge in [-0.05, 0) is 78.5 Å². The Morgan fingerprint density at radius 2 is 2.15 bits per heavy atom. The summed E-state index contributed by atoms with van der Waals surface area (Å²) in [6.45, 7) is 1.69. The molecular weight excluding hydrogens is 416 g/mol. The Morgan fingerprint density at radius 1 is 1.31 bits per heavy atom. The molecule has 1 aromatic carbocycles. The van der Waals surface area contributed by atoms with E-state index in [4.69, 9.17) is 21.7 Å². The third kappa shape index (κ3) is 7.05. The third-order valence-electron chi connectivity index (χ3n) is 4.08. The molecule has 2 rings (SSSR count). The predicted molar refractivity (Wildman–Crippen MR) is 111 cm³/mol. The van der Waals surface area contributed by atoms with Gasteiger partial charge in [0.25, 0.3) is 5.91 Å². The van der Waals surface area contributed by atoms with Crippen LogP contribution in [0.1, 0.15) is 42.5 Å². The highest BCUT2D eigenvalue weighted by atomic mass is 79.9. The summed E-state index contributed by atoms with van der Waals surface area (Å²) in [4.78, 5) is 12.3. The molecule has 1 aliphatic rings. The molecule has 26 heavy (non-hydrogen) atoms. The minimum atomic E-state index is -0.247. The second kappa shape index (κ2) is 11.3. The second-order valence-corrected chi connectivity index (χ2v) is 7.32. The molecule has 0 aromatic heterocycles. The molecule has 0 saturated heterocycles. The number of rotatable bonds is 8. The van der Waals surface area contributed by atoms with Crippen LogP contribution in [0, 0.1) is 0 Å². The summed E-state index contributed by atoms with van der Waals surface area (Å²) in [5.74, 6) is 0.420. The predicted octanol–water partition coefficient (Wildman–Crippen LogP) is 3.97. The van der Waals surface area contributed by atoms with Crippen LogP contribution in [0.25, 0.3) is 0 Å². The van der Waals surface area contributed by atoms with Crippen molar-refractivity contribution in [2.75, 3.05) is 26.9 Å².